The predicted molar refractivity (Wildman–Crippen MR) is 75.8 cm³/mol. The molecule has 0 aliphatic heterocycles. The van der Waals surface area contributed by atoms with E-state index in [1.54, 1.807) is 12.3 Å². The summed E-state index contributed by atoms with van der Waals surface area (Å²) in [4.78, 5) is 7.95. The van der Waals surface area contributed by atoms with Gasteiger partial charge in [0.1, 0.15) is 5.82 Å². The fourth-order valence-corrected chi connectivity index (χ4v) is 2.22. The minimum atomic E-state index is 0.224. The number of nitrogens with zero attached hydrogens (tertiary/aromatic N) is 4. The molecule has 0 saturated heterocycles. The second-order valence-electron chi connectivity index (χ2n) is 4.28. The molecule has 3 aromatic rings. The molecule has 5 nitrogen and oxygen atoms in total. The van der Waals surface area contributed by atoms with Gasteiger partial charge in [-0.25, -0.2) is 9.97 Å². The van der Waals surface area contributed by atoms with E-state index in [0.717, 1.165) is 22.3 Å². The van der Waals surface area contributed by atoms with Crippen LogP contribution in [0.4, 0.5) is 11.5 Å². The SMILES string of the molecule is Cc1nn(C)c2cc(Nc3ccnc(Cl)n3)ccc12. The van der Waals surface area contributed by atoms with Crippen molar-refractivity contribution in [1.82, 2.24) is 19.7 Å². The van der Waals surface area contributed by atoms with E-state index in [9.17, 15) is 0 Å². The van der Waals surface area contributed by atoms with E-state index >= 15 is 0 Å². The van der Waals surface area contributed by atoms with Crippen molar-refractivity contribution in [3.8, 4) is 0 Å². The highest BCUT2D eigenvalue weighted by Crippen LogP contribution is 2.23. The van der Waals surface area contributed by atoms with Crippen LogP contribution >= 0.6 is 11.6 Å². The molecule has 6 heteroatoms. The zero-order chi connectivity index (χ0) is 13.4. The molecule has 2 aromatic heterocycles. The molecule has 0 unspecified atom stereocenters. The van der Waals surface area contributed by atoms with Gasteiger partial charge in [-0.2, -0.15) is 5.10 Å². The Morgan fingerprint density at radius 1 is 1.26 bits per heavy atom. The van der Waals surface area contributed by atoms with Crippen molar-refractivity contribution in [3.05, 3.63) is 41.4 Å². The summed E-state index contributed by atoms with van der Waals surface area (Å²) in [6, 6.07) is 7.84. The Bertz CT molecular complexity index is 750. The number of fused-ring (bicyclic) bond motifs is 1. The molecule has 0 radical (unpaired) electrons. The number of aryl methyl sites for hydroxylation is 2. The number of anilines is 2. The molecule has 0 atom stereocenters. The van der Waals surface area contributed by atoms with E-state index in [0.29, 0.717) is 5.82 Å². The van der Waals surface area contributed by atoms with Gasteiger partial charge in [-0.1, -0.05) is 0 Å². The largest absolute Gasteiger partial charge is 0.340 e. The highest BCUT2D eigenvalue weighted by atomic mass is 35.5. The van der Waals surface area contributed by atoms with Crippen molar-refractivity contribution in [3.63, 3.8) is 0 Å². The van der Waals surface area contributed by atoms with Crippen LogP contribution in [0.5, 0.6) is 0 Å². The van der Waals surface area contributed by atoms with Crippen LogP contribution in [-0.4, -0.2) is 19.7 Å². The average Bonchev–Trinajstić information content (AvgIpc) is 2.65. The minimum absolute atomic E-state index is 0.224. The van der Waals surface area contributed by atoms with Gasteiger partial charge in [-0.15, -0.1) is 0 Å². The van der Waals surface area contributed by atoms with E-state index in [1.165, 1.54) is 0 Å². The zero-order valence-corrected chi connectivity index (χ0v) is 11.3. The van der Waals surface area contributed by atoms with Gasteiger partial charge in [0.25, 0.3) is 0 Å². The van der Waals surface area contributed by atoms with Crippen LogP contribution in [0.15, 0.2) is 30.5 Å². The zero-order valence-electron chi connectivity index (χ0n) is 10.6. The van der Waals surface area contributed by atoms with Crippen molar-refractivity contribution in [2.45, 2.75) is 6.92 Å². The van der Waals surface area contributed by atoms with Crippen LogP contribution in [-0.2, 0) is 7.05 Å². The topological polar surface area (TPSA) is 55.6 Å². The summed E-state index contributed by atoms with van der Waals surface area (Å²) in [5.41, 5.74) is 3.03. The summed E-state index contributed by atoms with van der Waals surface area (Å²) < 4.78 is 1.86. The molecular formula is C13H12ClN5. The number of hydrogen-bond acceptors (Lipinski definition) is 4. The van der Waals surface area contributed by atoms with Crippen molar-refractivity contribution in [1.29, 1.82) is 0 Å². The van der Waals surface area contributed by atoms with E-state index in [1.807, 2.05) is 36.9 Å². The second-order valence-corrected chi connectivity index (χ2v) is 4.61. The lowest BCUT2D eigenvalue weighted by atomic mass is 10.2. The maximum atomic E-state index is 5.76. The summed E-state index contributed by atoms with van der Waals surface area (Å²) in [5, 5.41) is 8.96. The third kappa shape index (κ3) is 2.24. The Labute approximate surface area is 115 Å². The Hall–Kier alpha value is -2.14. The third-order valence-corrected chi connectivity index (χ3v) is 3.12. The first kappa shape index (κ1) is 11.9. The van der Waals surface area contributed by atoms with Crippen LogP contribution in [0, 0.1) is 6.92 Å². The van der Waals surface area contributed by atoms with Crippen molar-refractivity contribution >= 4 is 34.0 Å². The molecular weight excluding hydrogens is 262 g/mol. The van der Waals surface area contributed by atoms with Crippen LogP contribution < -0.4 is 5.32 Å². The fourth-order valence-electron chi connectivity index (χ4n) is 2.07. The molecule has 2 heterocycles. The molecule has 0 aliphatic rings. The lowest BCUT2D eigenvalue weighted by molar-refractivity contribution is 0.783. The van der Waals surface area contributed by atoms with Crippen molar-refractivity contribution in [2.24, 2.45) is 7.05 Å². The lowest BCUT2D eigenvalue weighted by Gasteiger charge is -2.06. The Kier molecular flexibility index (Phi) is 2.83. The first-order chi connectivity index (χ1) is 9.13. The van der Waals surface area contributed by atoms with Crippen LogP contribution in [0.2, 0.25) is 5.28 Å². The molecule has 0 amide bonds. The lowest BCUT2D eigenvalue weighted by Crippen LogP contribution is -1.95. The predicted octanol–water partition coefficient (Wildman–Crippen LogP) is 3.07. The highest BCUT2D eigenvalue weighted by Gasteiger charge is 2.06. The van der Waals surface area contributed by atoms with Gasteiger partial charge < -0.3 is 5.32 Å². The van der Waals surface area contributed by atoms with Crippen molar-refractivity contribution in [2.75, 3.05) is 5.32 Å². The van der Waals surface area contributed by atoms with Crippen molar-refractivity contribution < 1.29 is 0 Å². The Morgan fingerprint density at radius 3 is 2.89 bits per heavy atom. The number of hydrogen-bond donors (Lipinski definition) is 1. The number of rotatable bonds is 2. The van der Waals surface area contributed by atoms with E-state index in [-0.39, 0.29) is 5.28 Å². The second kappa shape index (κ2) is 4.51. The van der Waals surface area contributed by atoms with Gasteiger partial charge in [0.05, 0.1) is 11.2 Å². The number of halogens is 1. The summed E-state index contributed by atoms with van der Waals surface area (Å²) >= 11 is 5.76. The molecule has 0 saturated carbocycles. The van der Waals surface area contributed by atoms with Gasteiger partial charge in [-0.3, -0.25) is 4.68 Å². The van der Waals surface area contributed by atoms with Gasteiger partial charge in [0.15, 0.2) is 0 Å². The summed E-state index contributed by atoms with van der Waals surface area (Å²) in [6.45, 7) is 2.00. The molecule has 0 spiro atoms. The molecule has 96 valence electrons. The van der Waals surface area contributed by atoms with Gasteiger partial charge >= 0.3 is 0 Å². The van der Waals surface area contributed by atoms with E-state index < -0.39 is 0 Å². The monoisotopic (exact) mass is 273 g/mol. The molecule has 0 bridgehead atoms. The van der Waals surface area contributed by atoms with Crippen LogP contribution in [0.3, 0.4) is 0 Å². The Balaban J connectivity index is 2.00. The normalized spacial score (nSPS) is 10.9. The summed E-state index contributed by atoms with van der Waals surface area (Å²) in [7, 11) is 1.93. The fraction of sp³-hybridized carbons (Fsp3) is 0.154. The minimum Gasteiger partial charge on any atom is -0.340 e. The first-order valence-corrected chi connectivity index (χ1v) is 6.20. The number of benzene rings is 1. The molecule has 0 aliphatic carbocycles. The molecule has 1 aromatic carbocycles. The van der Waals surface area contributed by atoms with Gasteiger partial charge in [-0.05, 0) is 42.8 Å². The maximum Gasteiger partial charge on any atom is 0.224 e. The molecule has 3 rings (SSSR count). The van der Waals surface area contributed by atoms with Gasteiger partial charge in [0, 0.05) is 24.3 Å². The first-order valence-electron chi connectivity index (χ1n) is 5.82. The molecule has 1 N–H and O–H groups in total. The Morgan fingerprint density at radius 2 is 2.11 bits per heavy atom. The third-order valence-electron chi connectivity index (χ3n) is 2.93. The van der Waals surface area contributed by atoms with E-state index in [4.69, 9.17) is 11.6 Å². The van der Waals surface area contributed by atoms with Gasteiger partial charge in [0.2, 0.25) is 5.28 Å². The number of aromatic nitrogens is 4. The van der Waals surface area contributed by atoms with E-state index in [2.05, 4.69) is 20.4 Å². The van der Waals surface area contributed by atoms with Crippen LogP contribution in [0.1, 0.15) is 5.69 Å². The summed E-state index contributed by atoms with van der Waals surface area (Å²) in [6.07, 6.45) is 1.62. The maximum absolute atomic E-state index is 5.76. The summed E-state index contributed by atoms with van der Waals surface area (Å²) in [5.74, 6) is 0.665. The number of nitrogens with one attached hydrogen (secondary N) is 1. The van der Waals surface area contributed by atoms with Crippen LogP contribution in [0.25, 0.3) is 10.9 Å². The molecule has 19 heavy (non-hydrogen) atoms. The molecule has 0 fully saturated rings. The average molecular weight is 274 g/mol. The smallest absolute Gasteiger partial charge is 0.224 e. The highest BCUT2D eigenvalue weighted by molar-refractivity contribution is 6.28. The quantitative estimate of drug-likeness (QED) is 0.729. The standard InChI is InChI=1S/C13H12ClN5/c1-8-10-4-3-9(7-11(10)19(2)18-8)16-12-5-6-15-13(14)17-12/h3-7H,1-2H3,(H,15,16,17).